The van der Waals surface area contributed by atoms with E-state index in [1.54, 1.807) is 13.8 Å². The van der Waals surface area contributed by atoms with Gasteiger partial charge >= 0.3 is 0 Å². The van der Waals surface area contributed by atoms with E-state index in [2.05, 4.69) is 86.6 Å². The molecule has 2 atom stereocenters. The monoisotopic (exact) mass is 897 g/mol. The van der Waals surface area contributed by atoms with Gasteiger partial charge in [0.2, 0.25) is 0 Å². The smallest absolute Gasteiger partial charge is 0.133 e. The average Bonchev–Trinajstić information content (AvgIpc) is 3.55. The molecule has 4 rings (SSSR count). The summed E-state index contributed by atoms with van der Waals surface area (Å²) in [5, 5.41) is 84.0. The molecule has 0 aromatic carbocycles. The Morgan fingerprint density at radius 3 is 1.23 bits per heavy atom. The SMILES string of the molecule is CC(C)(C)CC(C)(C)N(O)C(C)(C)C#N.CC(C)(C)CC(C)(C)N(O)C1(C#N)CCCCC1.CC1(C)CCC(C)(C(C)(C)C#N)N1O.CC1(C)CCC(C)(C2(C#N)CCCCC2)N1O. The van der Waals surface area contributed by atoms with Crippen molar-refractivity contribution in [3.8, 4) is 24.3 Å². The Balaban J connectivity index is 0.000000429. The first-order valence-electron chi connectivity index (χ1n) is 24.2. The molecule has 4 aliphatic rings. The van der Waals surface area contributed by atoms with Crippen LogP contribution in [0.15, 0.2) is 0 Å². The fraction of sp³-hybridized carbons (Fsp3) is 0.923. The highest BCUT2D eigenvalue weighted by Crippen LogP contribution is 2.55. The molecule has 64 heavy (non-hydrogen) atoms. The van der Waals surface area contributed by atoms with E-state index in [9.17, 15) is 31.4 Å². The molecule has 0 radical (unpaired) electrons. The lowest BCUT2D eigenvalue weighted by atomic mass is 9.62. The molecule has 0 aromatic heterocycles. The van der Waals surface area contributed by atoms with Gasteiger partial charge in [-0.3, -0.25) is 0 Å². The minimum Gasteiger partial charge on any atom is -0.313 e. The van der Waals surface area contributed by atoms with Crippen LogP contribution in [0.4, 0.5) is 0 Å². The average molecular weight is 897 g/mol. The molecular formula is C52H96N8O4. The lowest BCUT2D eigenvalue weighted by Gasteiger charge is -2.49. The van der Waals surface area contributed by atoms with Crippen LogP contribution in [0.3, 0.4) is 0 Å². The van der Waals surface area contributed by atoms with Crippen LogP contribution >= 0.6 is 0 Å². The number of nitrogens with zero attached hydrogens (tertiary/aromatic N) is 8. The Bertz CT molecular complexity index is 1680. The van der Waals surface area contributed by atoms with Crippen LogP contribution in [0.2, 0.25) is 0 Å². The molecule has 2 aliphatic carbocycles. The molecule has 4 fully saturated rings. The Labute approximate surface area is 392 Å². The predicted octanol–water partition coefficient (Wildman–Crippen LogP) is 13.4. The standard InChI is InChI=1S/C15H28N2O.C14H24N2O.C12H24N2O.C11H20N2O/c1-13(2,3)11-14(4,5)17(18)15(12-16)9-7-6-8-10-15;1-12(2)9-10-13(3,16(12)17)14(11-15)7-5-4-6-8-14;1-10(2,3)8-11(4,5)14(15)12(6,7)9-13;1-9(2,8-12)11(5)7-6-10(3,4)13(11)14/h18H,6-11H2,1-5H3;17H,4-10H2,1-3H3;15H,8H2,1-7H3;14H,6-7H2,1-5H3. The summed E-state index contributed by atoms with van der Waals surface area (Å²) in [6, 6.07) is 9.35. The molecular weight excluding hydrogens is 801 g/mol. The second-order valence-corrected chi connectivity index (χ2v) is 26.4. The molecule has 2 aliphatic heterocycles. The van der Waals surface area contributed by atoms with E-state index in [0.717, 1.165) is 89.9 Å². The summed E-state index contributed by atoms with van der Waals surface area (Å²) in [5.41, 5.74) is -4.16. The van der Waals surface area contributed by atoms with Gasteiger partial charge in [0, 0.05) is 22.2 Å². The topological polar surface area (TPSA) is 189 Å². The number of hydrogen-bond acceptors (Lipinski definition) is 12. The largest absolute Gasteiger partial charge is 0.313 e. The highest BCUT2D eigenvalue weighted by Gasteiger charge is 2.59. The third kappa shape index (κ3) is 13.9. The van der Waals surface area contributed by atoms with Crippen LogP contribution in [-0.2, 0) is 0 Å². The van der Waals surface area contributed by atoms with Gasteiger partial charge in [-0.2, -0.15) is 41.3 Å². The molecule has 0 aromatic rings. The molecule has 4 N–H and O–H groups in total. The van der Waals surface area contributed by atoms with Crippen molar-refractivity contribution >= 4 is 0 Å². The predicted molar refractivity (Wildman–Crippen MR) is 256 cm³/mol. The molecule has 12 nitrogen and oxygen atoms in total. The van der Waals surface area contributed by atoms with E-state index < -0.39 is 27.6 Å². The highest BCUT2D eigenvalue weighted by molar-refractivity contribution is 5.18. The molecule has 0 amide bonds. The highest BCUT2D eigenvalue weighted by atomic mass is 16.5. The van der Waals surface area contributed by atoms with Gasteiger partial charge in [0.05, 0.1) is 46.2 Å². The third-order valence-corrected chi connectivity index (χ3v) is 15.3. The van der Waals surface area contributed by atoms with Crippen molar-refractivity contribution in [2.75, 3.05) is 0 Å². The fourth-order valence-corrected chi connectivity index (χ4v) is 11.6. The zero-order valence-electron chi connectivity index (χ0n) is 44.7. The van der Waals surface area contributed by atoms with E-state index in [1.165, 1.54) is 33.1 Å². The quantitative estimate of drug-likeness (QED) is 0.169. The summed E-state index contributed by atoms with van der Waals surface area (Å²) in [6.07, 6.45) is 15.5. The molecule has 2 saturated heterocycles. The van der Waals surface area contributed by atoms with Crippen molar-refractivity contribution in [1.82, 2.24) is 20.3 Å². The fourth-order valence-electron chi connectivity index (χ4n) is 11.6. The van der Waals surface area contributed by atoms with E-state index in [-0.39, 0.29) is 38.4 Å². The van der Waals surface area contributed by atoms with Gasteiger partial charge < -0.3 is 20.8 Å². The number of hydrogen-bond donors (Lipinski definition) is 4. The molecule has 368 valence electrons. The van der Waals surface area contributed by atoms with Gasteiger partial charge in [-0.1, -0.05) is 80.1 Å². The van der Waals surface area contributed by atoms with Crippen molar-refractivity contribution in [3.63, 3.8) is 0 Å². The van der Waals surface area contributed by atoms with Gasteiger partial charge in [0.25, 0.3) is 0 Å². The first-order chi connectivity index (χ1) is 28.6. The molecule has 12 heteroatoms. The normalized spacial score (nSPS) is 26.1. The summed E-state index contributed by atoms with van der Waals surface area (Å²) in [6.45, 7) is 40.3. The second-order valence-electron chi connectivity index (χ2n) is 26.4. The number of hydroxylamine groups is 8. The third-order valence-electron chi connectivity index (χ3n) is 15.3. The molecule has 2 unspecified atom stereocenters. The lowest BCUT2D eigenvalue weighted by molar-refractivity contribution is -0.230. The van der Waals surface area contributed by atoms with Crippen LogP contribution in [0.1, 0.15) is 241 Å². The molecule has 2 heterocycles. The summed E-state index contributed by atoms with van der Waals surface area (Å²) >= 11 is 0. The van der Waals surface area contributed by atoms with Crippen LogP contribution in [0, 0.1) is 67.0 Å². The van der Waals surface area contributed by atoms with E-state index in [0.29, 0.717) is 0 Å². The maximum atomic E-state index is 10.6. The van der Waals surface area contributed by atoms with Crippen LogP contribution in [-0.4, -0.2) is 85.4 Å². The Morgan fingerprint density at radius 1 is 0.500 bits per heavy atom. The minimum atomic E-state index is -0.852. The Kier molecular flexibility index (Phi) is 19.5. The van der Waals surface area contributed by atoms with Crippen LogP contribution in [0.5, 0.6) is 0 Å². The van der Waals surface area contributed by atoms with E-state index >= 15 is 0 Å². The Morgan fingerprint density at radius 2 is 0.906 bits per heavy atom. The maximum absolute atomic E-state index is 10.6. The van der Waals surface area contributed by atoms with Gasteiger partial charge in [-0.15, -0.1) is 0 Å². The summed E-state index contributed by atoms with van der Waals surface area (Å²) in [7, 11) is 0. The zero-order chi connectivity index (χ0) is 50.5. The molecule has 0 bridgehead atoms. The first kappa shape index (κ1) is 59.7. The first-order valence-corrected chi connectivity index (χ1v) is 24.2. The zero-order valence-corrected chi connectivity index (χ0v) is 44.7. The Hall–Kier alpha value is -2.36. The molecule has 2 saturated carbocycles. The summed E-state index contributed by atoms with van der Waals surface area (Å²) < 4.78 is 0. The van der Waals surface area contributed by atoms with Crippen molar-refractivity contribution in [1.29, 1.82) is 21.0 Å². The van der Waals surface area contributed by atoms with E-state index in [1.807, 2.05) is 62.3 Å². The van der Waals surface area contributed by atoms with Crippen LogP contribution < -0.4 is 0 Å². The minimum absolute atomic E-state index is 0.121. The van der Waals surface area contributed by atoms with Gasteiger partial charge in [0.1, 0.15) is 11.1 Å². The van der Waals surface area contributed by atoms with Crippen molar-refractivity contribution in [3.05, 3.63) is 0 Å². The lowest BCUT2D eigenvalue weighted by Crippen LogP contribution is -2.57. The van der Waals surface area contributed by atoms with Crippen molar-refractivity contribution < 1.29 is 20.8 Å². The van der Waals surface area contributed by atoms with Gasteiger partial charge in [-0.25, -0.2) is 0 Å². The van der Waals surface area contributed by atoms with Crippen molar-refractivity contribution in [2.24, 2.45) is 21.7 Å². The summed E-state index contributed by atoms with van der Waals surface area (Å²) in [4.78, 5) is 0. The van der Waals surface area contributed by atoms with Gasteiger partial charge in [-0.05, 0) is 172 Å². The van der Waals surface area contributed by atoms with Crippen molar-refractivity contribution in [2.45, 2.75) is 286 Å². The molecule has 0 spiro atoms. The van der Waals surface area contributed by atoms with E-state index in [4.69, 9.17) is 10.5 Å². The van der Waals surface area contributed by atoms with Gasteiger partial charge in [0.15, 0.2) is 0 Å². The number of nitriles is 4. The second kappa shape index (κ2) is 20.9. The maximum Gasteiger partial charge on any atom is 0.133 e. The number of rotatable bonds is 8. The summed E-state index contributed by atoms with van der Waals surface area (Å²) in [5.74, 6) is 0. The van der Waals surface area contributed by atoms with Crippen LogP contribution in [0.25, 0.3) is 0 Å².